The number of rotatable bonds is 5. The summed E-state index contributed by atoms with van der Waals surface area (Å²) in [5, 5.41) is 9.23. The van der Waals surface area contributed by atoms with Crippen molar-refractivity contribution >= 4 is 17.9 Å². The third-order valence-corrected chi connectivity index (χ3v) is 3.73. The first kappa shape index (κ1) is 15.3. The van der Waals surface area contributed by atoms with Gasteiger partial charge in [0, 0.05) is 25.2 Å². The fourth-order valence-electron chi connectivity index (χ4n) is 2.38. The predicted molar refractivity (Wildman–Crippen MR) is 80.4 cm³/mol. The van der Waals surface area contributed by atoms with E-state index < -0.39 is 5.91 Å². The maximum absolute atomic E-state index is 12.0. The minimum atomic E-state index is -0.468. The molecule has 0 atom stereocenters. The fourth-order valence-corrected chi connectivity index (χ4v) is 2.38. The summed E-state index contributed by atoms with van der Waals surface area (Å²) in [5.74, 6) is -0.142. The standard InChI is InChI=1S/C16H20N2O3/c1-18(10-12-8-14(19)9-12)15(20)7-4-11-2-5-13(6-3-11)16(17)21/h2-7,12,14,19H,8-10H2,1H3,(H2,17,21). The van der Waals surface area contributed by atoms with E-state index in [4.69, 9.17) is 5.73 Å². The van der Waals surface area contributed by atoms with E-state index in [0.717, 1.165) is 18.4 Å². The van der Waals surface area contributed by atoms with Gasteiger partial charge < -0.3 is 15.7 Å². The number of amides is 2. The highest BCUT2D eigenvalue weighted by Crippen LogP contribution is 2.27. The third kappa shape index (κ3) is 4.16. The first-order valence-corrected chi connectivity index (χ1v) is 6.97. The van der Waals surface area contributed by atoms with Crippen molar-refractivity contribution in [2.24, 2.45) is 11.7 Å². The number of likely N-dealkylation sites (N-methyl/N-ethyl adjacent to an activating group) is 1. The second-order valence-electron chi connectivity index (χ2n) is 5.53. The Morgan fingerprint density at radius 1 is 1.33 bits per heavy atom. The summed E-state index contributed by atoms with van der Waals surface area (Å²) in [6.45, 7) is 0.668. The molecule has 0 unspecified atom stereocenters. The van der Waals surface area contributed by atoms with Crippen LogP contribution in [0.4, 0.5) is 0 Å². The van der Waals surface area contributed by atoms with Crippen LogP contribution in [0.3, 0.4) is 0 Å². The number of nitrogens with zero attached hydrogens (tertiary/aromatic N) is 1. The van der Waals surface area contributed by atoms with Crippen molar-refractivity contribution in [2.45, 2.75) is 18.9 Å². The molecule has 0 aliphatic heterocycles. The molecule has 1 aliphatic carbocycles. The van der Waals surface area contributed by atoms with Crippen LogP contribution in [0.15, 0.2) is 30.3 Å². The third-order valence-electron chi connectivity index (χ3n) is 3.73. The minimum Gasteiger partial charge on any atom is -0.393 e. The summed E-state index contributed by atoms with van der Waals surface area (Å²) in [6, 6.07) is 6.75. The largest absolute Gasteiger partial charge is 0.393 e. The molecule has 1 saturated carbocycles. The Kier molecular flexibility index (Phi) is 4.75. The number of hydrogen-bond donors (Lipinski definition) is 2. The SMILES string of the molecule is CN(CC1CC(O)C1)C(=O)C=Cc1ccc(C(N)=O)cc1. The minimum absolute atomic E-state index is 0.0737. The van der Waals surface area contributed by atoms with Gasteiger partial charge in [-0.1, -0.05) is 12.1 Å². The topological polar surface area (TPSA) is 83.6 Å². The molecule has 1 aliphatic rings. The molecule has 0 spiro atoms. The van der Waals surface area contributed by atoms with Crippen LogP contribution in [0.2, 0.25) is 0 Å². The number of carbonyl (C=O) groups excluding carboxylic acids is 2. The van der Waals surface area contributed by atoms with Gasteiger partial charge in [-0.05, 0) is 42.5 Å². The Morgan fingerprint density at radius 2 is 1.95 bits per heavy atom. The van der Waals surface area contributed by atoms with Crippen LogP contribution in [-0.4, -0.2) is 41.5 Å². The molecule has 2 rings (SSSR count). The van der Waals surface area contributed by atoms with Gasteiger partial charge in [0.1, 0.15) is 0 Å². The summed E-state index contributed by atoms with van der Waals surface area (Å²) in [4.78, 5) is 24.6. The summed E-state index contributed by atoms with van der Waals surface area (Å²) in [5.41, 5.74) is 6.44. The van der Waals surface area contributed by atoms with E-state index in [0.29, 0.717) is 18.0 Å². The monoisotopic (exact) mass is 288 g/mol. The van der Waals surface area contributed by atoms with Crippen molar-refractivity contribution in [3.05, 3.63) is 41.5 Å². The van der Waals surface area contributed by atoms with Crippen LogP contribution in [0.1, 0.15) is 28.8 Å². The summed E-state index contributed by atoms with van der Waals surface area (Å²) in [6.07, 6.45) is 4.57. The molecule has 2 amide bonds. The zero-order valence-electron chi connectivity index (χ0n) is 12.0. The number of benzene rings is 1. The quantitative estimate of drug-likeness (QED) is 0.794. The normalized spacial score (nSPS) is 21.0. The maximum Gasteiger partial charge on any atom is 0.248 e. The van der Waals surface area contributed by atoms with E-state index in [-0.39, 0.29) is 12.0 Å². The van der Waals surface area contributed by atoms with Gasteiger partial charge in [-0.3, -0.25) is 9.59 Å². The highest BCUT2D eigenvalue weighted by Gasteiger charge is 2.28. The fraction of sp³-hybridized carbons (Fsp3) is 0.375. The Labute approximate surface area is 124 Å². The summed E-state index contributed by atoms with van der Waals surface area (Å²) < 4.78 is 0. The lowest BCUT2D eigenvalue weighted by Crippen LogP contribution is -2.38. The summed E-state index contributed by atoms with van der Waals surface area (Å²) in [7, 11) is 1.76. The average Bonchev–Trinajstić information content (AvgIpc) is 2.43. The van der Waals surface area contributed by atoms with E-state index >= 15 is 0 Å². The smallest absolute Gasteiger partial charge is 0.248 e. The Hall–Kier alpha value is -2.14. The highest BCUT2D eigenvalue weighted by atomic mass is 16.3. The molecule has 1 fully saturated rings. The van der Waals surface area contributed by atoms with Crippen molar-refractivity contribution in [2.75, 3.05) is 13.6 Å². The molecule has 3 N–H and O–H groups in total. The first-order chi connectivity index (χ1) is 9.95. The second kappa shape index (κ2) is 6.54. The number of aliphatic hydroxyl groups is 1. The lowest BCUT2D eigenvalue weighted by molar-refractivity contribution is -0.126. The number of hydrogen-bond acceptors (Lipinski definition) is 3. The number of nitrogens with two attached hydrogens (primary N) is 1. The van der Waals surface area contributed by atoms with Crippen LogP contribution in [-0.2, 0) is 4.79 Å². The van der Waals surface area contributed by atoms with E-state index in [1.165, 1.54) is 6.08 Å². The lowest BCUT2D eigenvalue weighted by atomic mass is 9.82. The predicted octanol–water partition coefficient (Wildman–Crippen LogP) is 1.03. The Bertz CT molecular complexity index is 545. The van der Waals surface area contributed by atoms with E-state index in [1.807, 2.05) is 0 Å². The van der Waals surface area contributed by atoms with Gasteiger partial charge in [-0.2, -0.15) is 0 Å². The van der Waals surface area contributed by atoms with E-state index in [1.54, 1.807) is 42.3 Å². The molecule has 0 heterocycles. The van der Waals surface area contributed by atoms with Gasteiger partial charge in [0.05, 0.1) is 6.10 Å². The molecule has 5 heteroatoms. The molecule has 112 valence electrons. The molecule has 0 bridgehead atoms. The Balaban J connectivity index is 1.87. The summed E-state index contributed by atoms with van der Waals surface area (Å²) >= 11 is 0. The lowest BCUT2D eigenvalue weighted by Gasteiger charge is -2.34. The van der Waals surface area contributed by atoms with Crippen LogP contribution in [0.25, 0.3) is 6.08 Å². The van der Waals surface area contributed by atoms with Gasteiger partial charge in [0.25, 0.3) is 0 Å². The Morgan fingerprint density at radius 3 is 2.48 bits per heavy atom. The molecule has 21 heavy (non-hydrogen) atoms. The van der Waals surface area contributed by atoms with E-state index in [2.05, 4.69) is 0 Å². The molecule has 0 saturated heterocycles. The van der Waals surface area contributed by atoms with Crippen molar-refractivity contribution in [1.82, 2.24) is 4.90 Å². The van der Waals surface area contributed by atoms with Crippen LogP contribution < -0.4 is 5.73 Å². The van der Waals surface area contributed by atoms with E-state index in [9.17, 15) is 14.7 Å². The van der Waals surface area contributed by atoms with Crippen LogP contribution in [0.5, 0.6) is 0 Å². The molecular weight excluding hydrogens is 268 g/mol. The number of aliphatic hydroxyl groups excluding tert-OH is 1. The molecule has 0 radical (unpaired) electrons. The van der Waals surface area contributed by atoms with Crippen molar-refractivity contribution in [3.8, 4) is 0 Å². The molecule has 0 aromatic heterocycles. The van der Waals surface area contributed by atoms with Gasteiger partial charge >= 0.3 is 0 Å². The molecule has 5 nitrogen and oxygen atoms in total. The highest BCUT2D eigenvalue weighted by molar-refractivity contribution is 5.94. The van der Waals surface area contributed by atoms with Crippen molar-refractivity contribution in [3.63, 3.8) is 0 Å². The average molecular weight is 288 g/mol. The van der Waals surface area contributed by atoms with Crippen LogP contribution in [0, 0.1) is 5.92 Å². The zero-order valence-corrected chi connectivity index (χ0v) is 12.0. The maximum atomic E-state index is 12.0. The van der Waals surface area contributed by atoms with Gasteiger partial charge in [0.15, 0.2) is 0 Å². The first-order valence-electron chi connectivity index (χ1n) is 6.97. The van der Waals surface area contributed by atoms with Crippen molar-refractivity contribution < 1.29 is 14.7 Å². The van der Waals surface area contributed by atoms with Crippen molar-refractivity contribution in [1.29, 1.82) is 0 Å². The second-order valence-corrected chi connectivity index (χ2v) is 5.53. The zero-order chi connectivity index (χ0) is 15.4. The number of primary amides is 1. The van der Waals surface area contributed by atoms with Gasteiger partial charge in [-0.25, -0.2) is 0 Å². The molecule has 1 aromatic rings. The van der Waals surface area contributed by atoms with Crippen LogP contribution >= 0.6 is 0 Å². The molecular formula is C16H20N2O3. The molecule has 1 aromatic carbocycles. The number of carbonyl (C=O) groups is 2. The van der Waals surface area contributed by atoms with Gasteiger partial charge in [0.2, 0.25) is 11.8 Å². The van der Waals surface area contributed by atoms with Gasteiger partial charge in [-0.15, -0.1) is 0 Å².